The van der Waals surface area contributed by atoms with Crippen LogP contribution in [0.1, 0.15) is 7.79 Å². The lowest BCUT2D eigenvalue weighted by molar-refractivity contribution is -0.0794. The third kappa shape index (κ3) is 3.91. The van der Waals surface area contributed by atoms with Crippen molar-refractivity contribution in [1.29, 1.82) is 0 Å². The lowest BCUT2D eigenvalue weighted by Gasteiger charge is -2.42. The second-order valence-corrected chi connectivity index (χ2v) is 8.86. The van der Waals surface area contributed by atoms with Crippen LogP contribution in [0.2, 0.25) is 0 Å². The Hall–Kier alpha value is -3.45. The molecule has 1 N–H and O–H groups in total. The molecule has 1 aromatic carbocycles. The number of hydrogen-bond acceptors (Lipinski definition) is 8. The molecule has 6 rings (SSSR count). The van der Waals surface area contributed by atoms with Crippen LogP contribution in [0.5, 0.6) is 5.88 Å². The second kappa shape index (κ2) is 9.21. The van der Waals surface area contributed by atoms with Crippen molar-refractivity contribution in [3.05, 3.63) is 30.2 Å². The van der Waals surface area contributed by atoms with Gasteiger partial charge in [0.15, 0.2) is 5.82 Å². The highest BCUT2D eigenvalue weighted by atomic mass is 19.1. The molecular weight excluding hydrogens is 477 g/mol. The van der Waals surface area contributed by atoms with E-state index in [2.05, 4.69) is 25.7 Å². The van der Waals surface area contributed by atoms with Gasteiger partial charge in [-0.1, -0.05) is 11.3 Å². The average Bonchev–Trinajstić information content (AvgIpc) is 3.43. The average molecular weight is 504 g/mol. The molecule has 0 saturated carbocycles. The molecule has 0 unspecified atom stereocenters. The summed E-state index contributed by atoms with van der Waals surface area (Å²) in [5.74, 6) is -0.356. The van der Waals surface area contributed by atoms with Crippen LogP contribution in [-0.2, 0) is 11.3 Å². The minimum atomic E-state index is -1.26. The number of ether oxygens (including phenoxy) is 2. The van der Waals surface area contributed by atoms with E-state index in [9.17, 15) is 4.39 Å². The van der Waals surface area contributed by atoms with Gasteiger partial charge < -0.3 is 14.8 Å². The molecule has 0 bridgehead atoms. The number of rotatable bonds is 7. The summed E-state index contributed by atoms with van der Waals surface area (Å²) in [5.41, 5.74) is 2.12. The minimum Gasteiger partial charge on any atom is -0.479 e. The quantitative estimate of drug-likeness (QED) is 0.411. The minimum absolute atomic E-state index is 0.0332. The highest BCUT2D eigenvalue weighted by Crippen LogP contribution is 2.35. The Labute approximate surface area is 205 Å². The number of aromatic nitrogens is 6. The van der Waals surface area contributed by atoms with Gasteiger partial charge in [0.05, 0.1) is 57.6 Å². The Kier molecular flexibility index (Phi) is 5.58. The highest BCUT2D eigenvalue weighted by molar-refractivity contribution is 5.89. The number of likely N-dealkylation sites (tertiary alicyclic amines) is 1. The van der Waals surface area contributed by atoms with E-state index in [1.807, 2.05) is 0 Å². The topological polar surface area (TPSA) is 94.6 Å². The summed E-state index contributed by atoms with van der Waals surface area (Å²) >= 11 is 0. The van der Waals surface area contributed by atoms with E-state index in [0.29, 0.717) is 35.1 Å². The normalized spacial score (nSPS) is 22.5. The number of anilines is 1. The maximum absolute atomic E-state index is 15.3. The SMILES string of the molecule is [2H]C1(N2CC[C@H](Nc3nc(OC)c4c(-c5ccc6nnn(CCF)c6c5)c(F)cn4n3)[C@@H](F)C2)COC1. The van der Waals surface area contributed by atoms with Crippen LogP contribution in [0.3, 0.4) is 0 Å². The van der Waals surface area contributed by atoms with Crippen LogP contribution < -0.4 is 10.1 Å². The van der Waals surface area contributed by atoms with E-state index in [1.165, 1.54) is 22.5 Å². The molecule has 0 spiro atoms. The molecule has 2 fully saturated rings. The summed E-state index contributed by atoms with van der Waals surface area (Å²) < 4.78 is 64.9. The number of benzene rings is 1. The molecule has 2 aliphatic heterocycles. The smallest absolute Gasteiger partial charge is 0.244 e. The molecule has 0 amide bonds. The molecule has 3 aromatic heterocycles. The van der Waals surface area contributed by atoms with Crippen LogP contribution >= 0.6 is 0 Å². The summed E-state index contributed by atoms with van der Waals surface area (Å²) in [5, 5.41) is 15.4. The summed E-state index contributed by atoms with van der Waals surface area (Å²) in [4.78, 5) is 6.19. The number of aryl methyl sites for hydroxylation is 1. The summed E-state index contributed by atoms with van der Waals surface area (Å²) in [7, 11) is 1.41. The Balaban J connectivity index is 1.31. The van der Waals surface area contributed by atoms with Crippen LogP contribution in [0.4, 0.5) is 19.1 Å². The molecule has 4 aromatic rings. The first-order chi connectivity index (χ1) is 17.9. The fourth-order valence-corrected chi connectivity index (χ4v) is 4.76. The number of hydrogen-bond donors (Lipinski definition) is 1. The fraction of sp³-hybridized carbons (Fsp3) is 0.478. The Morgan fingerprint density at radius 1 is 1.33 bits per heavy atom. The van der Waals surface area contributed by atoms with Crippen molar-refractivity contribution < 1.29 is 24.0 Å². The zero-order valence-corrected chi connectivity index (χ0v) is 19.5. The van der Waals surface area contributed by atoms with Crippen LogP contribution in [0, 0.1) is 5.82 Å². The molecule has 0 radical (unpaired) electrons. The van der Waals surface area contributed by atoms with Gasteiger partial charge >= 0.3 is 0 Å². The molecular formula is C23H25F3N8O2. The molecule has 5 heterocycles. The Morgan fingerprint density at radius 3 is 2.92 bits per heavy atom. The standard InChI is InChI=1S/C23H25F3N8O2/c1-35-22-21-20(13-2-3-18-19(8-13)33(7-5-24)31-29-18)16(26)10-34(21)30-23(28-22)27-17-4-6-32(9-15(17)25)14-11-36-12-14/h2-3,8,10,14-15,17H,4-7,9,11-12H2,1H3,(H,27,30)/t15-,17-/m0/s1/i14D. The van der Waals surface area contributed by atoms with E-state index in [1.54, 1.807) is 23.1 Å². The van der Waals surface area contributed by atoms with E-state index in [4.69, 9.17) is 10.8 Å². The first-order valence-electron chi connectivity index (χ1n) is 12.2. The van der Waals surface area contributed by atoms with E-state index >= 15 is 8.78 Å². The predicted octanol–water partition coefficient (Wildman–Crippen LogP) is 2.48. The first kappa shape index (κ1) is 21.8. The Bertz CT molecular complexity index is 1460. The van der Waals surface area contributed by atoms with E-state index in [-0.39, 0.29) is 43.7 Å². The van der Waals surface area contributed by atoms with E-state index in [0.717, 1.165) is 0 Å². The molecule has 36 heavy (non-hydrogen) atoms. The van der Waals surface area contributed by atoms with Gasteiger partial charge in [-0.05, 0) is 24.1 Å². The van der Waals surface area contributed by atoms with Crippen LogP contribution in [0.25, 0.3) is 27.7 Å². The van der Waals surface area contributed by atoms with Gasteiger partial charge in [-0.3, -0.25) is 4.90 Å². The monoisotopic (exact) mass is 503 g/mol. The number of nitrogens with zero attached hydrogens (tertiary/aromatic N) is 7. The zero-order valence-electron chi connectivity index (χ0n) is 20.5. The van der Waals surface area contributed by atoms with Crippen molar-refractivity contribution in [2.24, 2.45) is 0 Å². The lowest BCUT2D eigenvalue weighted by Crippen LogP contribution is -2.57. The van der Waals surface area contributed by atoms with Gasteiger partial charge in [0.25, 0.3) is 0 Å². The number of piperidine rings is 1. The van der Waals surface area contributed by atoms with Gasteiger partial charge in [0.2, 0.25) is 11.8 Å². The maximum atomic E-state index is 15.3. The van der Waals surface area contributed by atoms with Gasteiger partial charge in [0, 0.05) is 13.1 Å². The predicted molar refractivity (Wildman–Crippen MR) is 125 cm³/mol. The maximum Gasteiger partial charge on any atom is 0.244 e. The zero-order chi connectivity index (χ0) is 25.7. The fourth-order valence-electron chi connectivity index (χ4n) is 4.76. The molecule has 2 saturated heterocycles. The number of halogens is 3. The molecule has 10 nitrogen and oxygen atoms in total. The summed E-state index contributed by atoms with van der Waals surface area (Å²) in [6, 6.07) is 3.62. The van der Waals surface area contributed by atoms with Crippen molar-refractivity contribution in [2.45, 2.75) is 31.2 Å². The van der Waals surface area contributed by atoms with Gasteiger partial charge in [-0.25, -0.2) is 22.4 Å². The number of alkyl halides is 2. The van der Waals surface area contributed by atoms with Gasteiger partial charge in [-0.2, -0.15) is 4.98 Å². The second-order valence-electron chi connectivity index (χ2n) is 8.86. The highest BCUT2D eigenvalue weighted by Gasteiger charge is 2.36. The van der Waals surface area contributed by atoms with E-state index < -0.39 is 30.7 Å². The van der Waals surface area contributed by atoms with Gasteiger partial charge in [0.1, 0.15) is 23.9 Å². The third-order valence-corrected chi connectivity index (χ3v) is 6.69. The number of fused-ring (bicyclic) bond motifs is 2. The largest absolute Gasteiger partial charge is 0.479 e. The lowest BCUT2D eigenvalue weighted by atomic mass is 10.0. The van der Waals surface area contributed by atoms with Crippen LogP contribution in [0.15, 0.2) is 24.4 Å². The van der Waals surface area contributed by atoms with Crippen LogP contribution in [-0.4, -0.2) is 92.8 Å². The first-order valence-corrected chi connectivity index (χ1v) is 11.7. The third-order valence-electron chi connectivity index (χ3n) is 6.69. The summed E-state index contributed by atoms with van der Waals surface area (Å²) in [6.45, 7) is 0.605. The number of methoxy groups -OCH3 is 1. The summed E-state index contributed by atoms with van der Waals surface area (Å²) in [6.07, 6.45) is 0.391. The molecule has 13 heteroatoms. The van der Waals surface area contributed by atoms with Crippen molar-refractivity contribution >= 4 is 22.5 Å². The van der Waals surface area contributed by atoms with Crippen molar-refractivity contribution in [3.8, 4) is 17.0 Å². The molecule has 2 aliphatic rings. The Morgan fingerprint density at radius 2 is 2.19 bits per heavy atom. The van der Waals surface area contributed by atoms with Crippen molar-refractivity contribution in [1.82, 2.24) is 34.5 Å². The van der Waals surface area contributed by atoms with Gasteiger partial charge in [-0.15, -0.1) is 10.2 Å². The van der Waals surface area contributed by atoms with Crippen molar-refractivity contribution in [2.75, 3.05) is 45.4 Å². The van der Waals surface area contributed by atoms with Crippen molar-refractivity contribution in [3.63, 3.8) is 0 Å². The number of nitrogens with one attached hydrogen (secondary N) is 1. The molecule has 0 aliphatic carbocycles. The molecule has 190 valence electrons. The molecule has 2 atom stereocenters.